The van der Waals surface area contributed by atoms with E-state index in [1.165, 1.54) is 0 Å². The van der Waals surface area contributed by atoms with Crippen molar-refractivity contribution in [1.29, 1.82) is 0 Å². The van der Waals surface area contributed by atoms with Crippen LogP contribution in [0.2, 0.25) is 0 Å². The molecule has 0 radical (unpaired) electrons. The second-order valence-electron chi connectivity index (χ2n) is 5.86. The van der Waals surface area contributed by atoms with E-state index in [4.69, 9.17) is 5.11 Å². The number of carboxylic acids is 1. The van der Waals surface area contributed by atoms with Crippen LogP contribution in [-0.4, -0.2) is 32.9 Å². The van der Waals surface area contributed by atoms with Crippen molar-refractivity contribution in [1.82, 2.24) is 20.4 Å². The number of nitrogens with zero attached hydrogens (tertiary/aromatic N) is 2. The Balaban J connectivity index is 1.77. The first kappa shape index (κ1) is 16.3. The number of hydrogen-bond acceptors (Lipinski definition) is 3. The summed E-state index contributed by atoms with van der Waals surface area (Å²) in [6.07, 6.45) is 6.35. The average molecular weight is 308 g/mol. The Morgan fingerprint density at radius 3 is 2.64 bits per heavy atom. The third kappa shape index (κ3) is 4.22. The first-order valence-corrected chi connectivity index (χ1v) is 7.81. The number of aromatic nitrogens is 2. The molecule has 1 aliphatic carbocycles. The van der Waals surface area contributed by atoms with Crippen molar-refractivity contribution < 1.29 is 14.7 Å². The molecule has 1 saturated carbocycles. The van der Waals surface area contributed by atoms with E-state index in [1.807, 2.05) is 24.7 Å². The molecule has 1 heterocycles. The lowest BCUT2D eigenvalue weighted by Crippen LogP contribution is -2.44. The zero-order valence-electron chi connectivity index (χ0n) is 13.1. The van der Waals surface area contributed by atoms with Gasteiger partial charge >= 0.3 is 12.0 Å². The van der Waals surface area contributed by atoms with Gasteiger partial charge in [-0.3, -0.25) is 9.48 Å². The first-order chi connectivity index (χ1) is 10.5. The van der Waals surface area contributed by atoms with Crippen LogP contribution < -0.4 is 10.6 Å². The van der Waals surface area contributed by atoms with Crippen LogP contribution in [0.3, 0.4) is 0 Å². The zero-order chi connectivity index (χ0) is 16.1. The molecule has 0 spiro atoms. The lowest BCUT2D eigenvalue weighted by molar-refractivity contribution is -0.142. The van der Waals surface area contributed by atoms with Crippen LogP contribution in [0.15, 0.2) is 12.4 Å². The smallest absolute Gasteiger partial charge is 0.315 e. The van der Waals surface area contributed by atoms with Crippen LogP contribution in [0.1, 0.15) is 51.1 Å². The summed E-state index contributed by atoms with van der Waals surface area (Å²) < 4.78 is 1.82. The van der Waals surface area contributed by atoms with E-state index < -0.39 is 5.97 Å². The Morgan fingerprint density at radius 2 is 2.09 bits per heavy atom. The number of rotatable bonds is 5. The van der Waals surface area contributed by atoms with Crippen molar-refractivity contribution in [2.45, 2.75) is 58.2 Å². The van der Waals surface area contributed by atoms with Gasteiger partial charge in [-0.15, -0.1) is 0 Å². The normalized spacial score (nSPS) is 22.8. The molecule has 2 rings (SSSR count). The molecular formula is C15H24N4O3. The highest BCUT2D eigenvalue weighted by Gasteiger charge is 2.26. The minimum atomic E-state index is -0.732. The monoisotopic (exact) mass is 308 g/mol. The molecule has 0 aliphatic heterocycles. The van der Waals surface area contributed by atoms with Crippen LogP contribution in [0.4, 0.5) is 4.79 Å². The molecule has 1 atom stereocenters. The lowest BCUT2D eigenvalue weighted by atomic mass is 9.86. The number of hydrogen-bond donors (Lipinski definition) is 3. The molecule has 2 amide bonds. The number of nitrogens with one attached hydrogen (secondary N) is 2. The third-order valence-corrected chi connectivity index (χ3v) is 4.24. The minimum Gasteiger partial charge on any atom is -0.481 e. The van der Waals surface area contributed by atoms with Gasteiger partial charge in [-0.1, -0.05) is 0 Å². The van der Waals surface area contributed by atoms with Crippen molar-refractivity contribution in [3.63, 3.8) is 0 Å². The van der Waals surface area contributed by atoms with Gasteiger partial charge in [0.2, 0.25) is 0 Å². The molecule has 7 heteroatoms. The van der Waals surface area contributed by atoms with Crippen molar-refractivity contribution in [3.8, 4) is 0 Å². The predicted molar refractivity (Wildman–Crippen MR) is 81.4 cm³/mol. The van der Waals surface area contributed by atoms with Crippen LogP contribution in [0, 0.1) is 5.92 Å². The Kier molecular flexibility index (Phi) is 5.41. The molecule has 1 unspecified atom stereocenters. The summed E-state index contributed by atoms with van der Waals surface area (Å²) >= 11 is 0. The maximum Gasteiger partial charge on any atom is 0.315 e. The third-order valence-electron chi connectivity index (χ3n) is 4.24. The van der Waals surface area contributed by atoms with Gasteiger partial charge in [-0.05, 0) is 39.5 Å². The average Bonchev–Trinajstić information content (AvgIpc) is 2.96. The van der Waals surface area contributed by atoms with E-state index in [-0.39, 0.29) is 24.0 Å². The molecule has 1 aliphatic rings. The van der Waals surface area contributed by atoms with E-state index in [2.05, 4.69) is 15.7 Å². The van der Waals surface area contributed by atoms with E-state index in [9.17, 15) is 9.59 Å². The molecule has 22 heavy (non-hydrogen) atoms. The number of aryl methyl sites for hydroxylation is 1. The molecule has 1 aromatic rings. The molecular weight excluding hydrogens is 284 g/mol. The summed E-state index contributed by atoms with van der Waals surface area (Å²) in [7, 11) is 0. The van der Waals surface area contributed by atoms with Gasteiger partial charge < -0.3 is 15.7 Å². The Hall–Kier alpha value is -2.05. The highest BCUT2D eigenvalue weighted by Crippen LogP contribution is 2.24. The number of urea groups is 1. The van der Waals surface area contributed by atoms with E-state index in [0.717, 1.165) is 12.1 Å². The second-order valence-corrected chi connectivity index (χ2v) is 5.86. The lowest BCUT2D eigenvalue weighted by Gasteiger charge is -2.27. The fourth-order valence-corrected chi connectivity index (χ4v) is 2.77. The Morgan fingerprint density at radius 1 is 1.41 bits per heavy atom. The van der Waals surface area contributed by atoms with Crippen molar-refractivity contribution in [3.05, 3.63) is 18.0 Å². The fraction of sp³-hybridized carbons (Fsp3) is 0.667. The van der Waals surface area contributed by atoms with Crippen molar-refractivity contribution >= 4 is 12.0 Å². The predicted octanol–water partition coefficient (Wildman–Crippen LogP) is 1.91. The summed E-state index contributed by atoms with van der Waals surface area (Å²) in [4.78, 5) is 22.9. The summed E-state index contributed by atoms with van der Waals surface area (Å²) in [5.41, 5.74) is 0.964. The quantitative estimate of drug-likeness (QED) is 0.774. The van der Waals surface area contributed by atoms with Crippen LogP contribution in [-0.2, 0) is 11.3 Å². The molecule has 1 aromatic heterocycles. The topological polar surface area (TPSA) is 96.2 Å². The molecule has 1 fully saturated rings. The maximum absolute atomic E-state index is 12.0. The summed E-state index contributed by atoms with van der Waals surface area (Å²) in [5.74, 6) is -0.996. The molecule has 122 valence electrons. The van der Waals surface area contributed by atoms with Gasteiger partial charge in [0.1, 0.15) is 0 Å². The van der Waals surface area contributed by atoms with Crippen LogP contribution in [0.25, 0.3) is 0 Å². The van der Waals surface area contributed by atoms with Crippen molar-refractivity contribution in [2.75, 3.05) is 0 Å². The largest absolute Gasteiger partial charge is 0.481 e. The first-order valence-electron chi connectivity index (χ1n) is 7.81. The Labute approximate surface area is 130 Å². The minimum absolute atomic E-state index is 0.0566. The van der Waals surface area contributed by atoms with E-state index in [1.54, 1.807) is 6.20 Å². The van der Waals surface area contributed by atoms with Crippen molar-refractivity contribution in [2.24, 2.45) is 5.92 Å². The van der Waals surface area contributed by atoms with Gasteiger partial charge in [0, 0.05) is 24.3 Å². The molecule has 3 N–H and O–H groups in total. The van der Waals surface area contributed by atoms with Crippen LogP contribution >= 0.6 is 0 Å². The second kappa shape index (κ2) is 7.29. The SMILES string of the molecule is CCn1cc(C(C)NC(=O)NC2CCC(C(=O)O)CC2)cn1. The van der Waals surface area contributed by atoms with Gasteiger partial charge in [0.15, 0.2) is 0 Å². The summed E-state index contributed by atoms with van der Waals surface area (Å²) in [6.45, 7) is 4.72. The molecule has 0 aromatic carbocycles. The molecule has 7 nitrogen and oxygen atoms in total. The summed E-state index contributed by atoms with van der Waals surface area (Å²) in [6, 6.07) is -0.271. The molecule has 0 bridgehead atoms. The van der Waals surface area contributed by atoms with Gasteiger partial charge in [-0.2, -0.15) is 5.10 Å². The summed E-state index contributed by atoms with van der Waals surface area (Å²) in [5, 5.41) is 19.0. The van der Waals surface area contributed by atoms with Gasteiger partial charge in [0.25, 0.3) is 0 Å². The number of carbonyl (C=O) groups is 2. The maximum atomic E-state index is 12.0. The molecule has 0 saturated heterocycles. The van der Waals surface area contributed by atoms with Crippen LogP contribution in [0.5, 0.6) is 0 Å². The highest BCUT2D eigenvalue weighted by atomic mass is 16.4. The standard InChI is InChI=1S/C15H24N4O3/c1-3-19-9-12(8-16-19)10(2)17-15(22)18-13-6-4-11(5-7-13)14(20)21/h8-11,13H,3-7H2,1-2H3,(H,20,21)(H2,17,18,22). The van der Waals surface area contributed by atoms with Gasteiger partial charge in [-0.25, -0.2) is 4.79 Å². The number of amides is 2. The Bertz CT molecular complexity index is 521. The highest BCUT2D eigenvalue weighted by molar-refractivity contribution is 5.75. The number of aliphatic carboxylic acids is 1. The number of carboxylic acid groups (broad SMARTS) is 1. The zero-order valence-corrected chi connectivity index (χ0v) is 13.1. The van der Waals surface area contributed by atoms with E-state index >= 15 is 0 Å². The van der Waals surface area contributed by atoms with Gasteiger partial charge in [0.05, 0.1) is 18.2 Å². The number of carbonyl (C=O) groups excluding carboxylic acids is 1. The van der Waals surface area contributed by atoms with E-state index in [0.29, 0.717) is 25.7 Å². The fourth-order valence-electron chi connectivity index (χ4n) is 2.77.